The van der Waals surface area contributed by atoms with Crippen LogP contribution in [0.25, 0.3) is 11.3 Å². The van der Waals surface area contributed by atoms with Gasteiger partial charge in [0.1, 0.15) is 17.6 Å². The maximum absolute atomic E-state index is 11.3. The Labute approximate surface area is 138 Å². The first-order valence-electron chi connectivity index (χ1n) is 7.59. The van der Waals surface area contributed by atoms with Crippen LogP contribution in [0, 0.1) is 0 Å². The lowest BCUT2D eigenvalue weighted by atomic mass is 10.1. The van der Waals surface area contributed by atoms with E-state index in [-0.39, 0.29) is 5.56 Å². The number of carboxylic acid groups (broad SMARTS) is 1. The summed E-state index contributed by atoms with van der Waals surface area (Å²) in [6.07, 6.45) is -0.610. The number of morpholine rings is 1. The van der Waals surface area contributed by atoms with Crippen molar-refractivity contribution in [3.8, 4) is 11.3 Å². The number of ether oxygens (including phenoxy) is 1. The number of benzene rings is 1. The molecule has 3 N–H and O–H groups in total. The average Bonchev–Trinajstić information content (AvgIpc) is 3.03. The Hall–Kier alpha value is -2.64. The monoisotopic (exact) mass is 330 g/mol. The molecule has 7 nitrogen and oxygen atoms in total. The Balaban J connectivity index is 1.75. The first-order chi connectivity index (χ1) is 11.5. The van der Waals surface area contributed by atoms with E-state index in [2.05, 4.69) is 0 Å². The molecule has 3 rings (SSSR count). The lowest BCUT2D eigenvalue weighted by Gasteiger charge is -2.30. The fourth-order valence-corrected chi connectivity index (χ4v) is 2.73. The molecule has 1 saturated heterocycles. The minimum Gasteiger partial charge on any atom is -0.478 e. The quantitative estimate of drug-likeness (QED) is 0.857. The Morgan fingerprint density at radius 2 is 2.04 bits per heavy atom. The molecule has 0 radical (unpaired) electrons. The second kappa shape index (κ2) is 6.86. The Kier molecular flexibility index (Phi) is 4.64. The van der Waals surface area contributed by atoms with Gasteiger partial charge in [-0.05, 0) is 18.2 Å². The zero-order chi connectivity index (χ0) is 17.1. The largest absolute Gasteiger partial charge is 0.478 e. The van der Waals surface area contributed by atoms with Gasteiger partial charge < -0.3 is 20.0 Å². The molecule has 0 bridgehead atoms. The van der Waals surface area contributed by atoms with Crippen molar-refractivity contribution < 1.29 is 23.8 Å². The van der Waals surface area contributed by atoms with E-state index in [0.717, 1.165) is 0 Å². The summed E-state index contributed by atoms with van der Waals surface area (Å²) >= 11 is 0. The van der Waals surface area contributed by atoms with Crippen molar-refractivity contribution in [1.29, 1.82) is 0 Å². The predicted octanol–water partition coefficient (Wildman–Crippen LogP) is 1.33. The molecule has 7 heteroatoms. The van der Waals surface area contributed by atoms with E-state index >= 15 is 0 Å². The first-order valence-corrected chi connectivity index (χ1v) is 7.59. The van der Waals surface area contributed by atoms with Crippen LogP contribution in [0.5, 0.6) is 0 Å². The van der Waals surface area contributed by atoms with E-state index in [4.69, 9.17) is 14.9 Å². The average molecular weight is 330 g/mol. The summed E-state index contributed by atoms with van der Waals surface area (Å²) < 4.78 is 11.1. The second-order valence-corrected chi connectivity index (χ2v) is 5.61. The van der Waals surface area contributed by atoms with Gasteiger partial charge in [0, 0.05) is 18.7 Å². The van der Waals surface area contributed by atoms with E-state index in [0.29, 0.717) is 43.3 Å². The molecule has 1 amide bonds. The van der Waals surface area contributed by atoms with Gasteiger partial charge in [0.25, 0.3) is 0 Å². The summed E-state index contributed by atoms with van der Waals surface area (Å²) in [6.45, 7) is 2.02. The smallest absolute Gasteiger partial charge is 0.336 e. The topological polar surface area (TPSA) is 106 Å². The first kappa shape index (κ1) is 16.2. The fraction of sp³-hybridized carbons (Fsp3) is 0.294. The summed E-state index contributed by atoms with van der Waals surface area (Å²) in [5, 5.41) is 9.27. The van der Waals surface area contributed by atoms with Crippen LogP contribution in [-0.4, -0.2) is 47.7 Å². The lowest BCUT2D eigenvalue weighted by molar-refractivity contribution is -0.135. The zero-order valence-electron chi connectivity index (χ0n) is 13.0. The van der Waals surface area contributed by atoms with Crippen LogP contribution in [-0.2, 0) is 16.1 Å². The number of rotatable bonds is 5. The number of hydrogen-bond acceptors (Lipinski definition) is 5. The van der Waals surface area contributed by atoms with Crippen molar-refractivity contribution in [2.24, 2.45) is 5.73 Å². The van der Waals surface area contributed by atoms with Crippen LogP contribution in [0.2, 0.25) is 0 Å². The van der Waals surface area contributed by atoms with Crippen molar-refractivity contribution >= 4 is 11.9 Å². The lowest BCUT2D eigenvalue weighted by Crippen LogP contribution is -2.47. The highest BCUT2D eigenvalue weighted by molar-refractivity contribution is 5.95. The van der Waals surface area contributed by atoms with Crippen LogP contribution in [0.3, 0.4) is 0 Å². The highest BCUT2D eigenvalue weighted by Crippen LogP contribution is 2.26. The molecule has 1 aromatic carbocycles. The van der Waals surface area contributed by atoms with Crippen molar-refractivity contribution in [1.82, 2.24) is 4.90 Å². The maximum Gasteiger partial charge on any atom is 0.336 e. The van der Waals surface area contributed by atoms with Gasteiger partial charge in [-0.1, -0.05) is 18.2 Å². The number of nitrogens with zero attached hydrogens (tertiary/aromatic N) is 1. The number of carbonyl (C=O) groups excluding carboxylic acids is 1. The number of carbonyl (C=O) groups is 2. The maximum atomic E-state index is 11.3. The summed E-state index contributed by atoms with van der Waals surface area (Å²) in [5.41, 5.74) is 6.01. The number of furan rings is 1. The number of aromatic carboxylic acids is 1. The number of amides is 1. The van der Waals surface area contributed by atoms with Gasteiger partial charge >= 0.3 is 5.97 Å². The van der Waals surface area contributed by atoms with Crippen molar-refractivity contribution in [2.75, 3.05) is 19.7 Å². The second-order valence-electron chi connectivity index (χ2n) is 5.61. The molecule has 1 aliphatic heterocycles. The van der Waals surface area contributed by atoms with Crippen LogP contribution in [0.15, 0.2) is 40.8 Å². The highest BCUT2D eigenvalue weighted by atomic mass is 16.5. The molecule has 1 unspecified atom stereocenters. The zero-order valence-corrected chi connectivity index (χ0v) is 13.0. The third-order valence-corrected chi connectivity index (χ3v) is 3.93. The molecule has 24 heavy (non-hydrogen) atoms. The van der Waals surface area contributed by atoms with Gasteiger partial charge in [-0.15, -0.1) is 0 Å². The Bertz CT molecular complexity index is 755. The molecule has 0 spiro atoms. The van der Waals surface area contributed by atoms with Gasteiger partial charge in [-0.2, -0.15) is 0 Å². The molecule has 1 fully saturated rings. The third-order valence-electron chi connectivity index (χ3n) is 3.93. The minimum absolute atomic E-state index is 0.193. The summed E-state index contributed by atoms with van der Waals surface area (Å²) in [7, 11) is 0. The normalized spacial score (nSPS) is 18.4. The number of primary amides is 1. The van der Waals surface area contributed by atoms with Crippen molar-refractivity contribution in [2.45, 2.75) is 12.6 Å². The SMILES string of the molecule is NC(=O)C1CN(Cc2ccc(-c3ccccc3C(=O)O)o2)CCO1. The van der Waals surface area contributed by atoms with Gasteiger partial charge in [-0.25, -0.2) is 4.79 Å². The summed E-state index contributed by atoms with van der Waals surface area (Å²) in [4.78, 5) is 24.6. The van der Waals surface area contributed by atoms with Crippen LogP contribution < -0.4 is 5.73 Å². The van der Waals surface area contributed by atoms with Gasteiger partial charge in [0.15, 0.2) is 0 Å². The molecular weight excluding hydrogens is 312 g/mol. The van der Waals surface area contributed by atoms with Gasteiger partial charge in [-0.3, -0.25) is 9.69 Å². The van der Waals surface area contributed by atoms with E-state index in [9.17, 15) is 14.7 Å². The van der Waals surface area contributed by atoms with Crippen LogP contribution in [0.4, 0.5) is 0 Å². The molecule has 1 aliphatic rings. The number of nitrogens with two attached hydrogens (primary N) is 1. The summed E-state index contributed by atoms with van der Waals surface area (Å²) in [5.74, 6) is -0.283. The van der Waals surface area contributed by atoms with Gasteiger partial charge in [0.05, 0.1) is 18.7 Å². The van der Waals surface area contributed by atoms with Crippen LogP contribution in [0.1, 0.15) is 16.1 Å². The van der Waals surface area contributed by atoms with E-state index in [1.54, 1.807) is 30.3 Å². The highest BCUT2D eigenvalue weighted by Gasteiger charge is 2.25. The predicted molar refractivity (Wildman–Crippen MR) is 85.3 cm³/mol. The third kappa shape index (κ3) is 3.47. The minimum atomic E-state index is -0.999. The molecule has 1 atom stereocenters. The molecule has 2 aromatic rings. The van der Waals surface area contributed by atoms with E-state index in [1.807, 2.05) is 11.0 Å². The molecular formula is C17H18N2O5. The molecule has 126 valence electrons. The van der Waals surface area contributed by atoms with Gasteiger partial charge in [0.2, 0.25) is 5.91 Å². The van der Waals surface area contributed by atoms with E-state index < -0.39 is 18.0 Å². The van der Waals surface area contributed by atoms with E-state index in [1.165, 1.54) is 0 Å². The molecule has 2 heterocycles. The molecule has 1 aromatic heterocycles. The standard InChI is InChI=1S/C17H18N2O5/c18-16(20)15-10-19(7-8-23-15)9-11-5-6-14(24-11)12-3-1-2-4-13(12)17(21)22/h1-6,15H,7-10H2,(H2,18,20)(H,21,22). The Morgan fingerprint density at radius 1 is 1.25 bits per heavy atom. The summed E-state index contributed by atoms with van der Waals surface area (Å²) in [6, 6.07) is 10.3. The molecule has 0 aliphatic carbocycles. The van der Waals surface area contributed by atoms with Crippen LogP contribution >= 0.6 is 0 Å². The number of carboxylic acids is 1. The molecule has 0 saturated carbocycles. The number of hydrogen-bond donors (Lipinski definition) is 2. The fourth-order valence-electron chi connectivity index (χ4n) is 2.73. The van der Waals surface area contributed by atoms with Crippen molar-refractivity contribution in [3.05, 3.63) is 47.7 Å². The Morgan fingerprint density at radius 3 is 2.79 bits per heavy atom. The van der Waals surface area contributed by atoms with Crippen molar-refractivity contribution in [3.63, 3.8) is 0 Å².